The van der Waals surface area contributed by atoms with E-state index in [0.29, 0.717) is 11.8 Å². The Hall–Kier alpha value is -3.71. The fourth-order valence-corrected chi connectivity index (χ4v) is 3.64. The number of hydrogen-bond acceptors (Lipinski definition) is 6. The largest absolute Gasteiger partial charge is 0.383 e. The van der Waals surface area contributed by atoms with Crippen molar-refractivity contribution in [1.29, 1.82) is 0 Å². The van der Waals surface area contributed by atoms with Crippen LogP contribution < -0.4 is 16.4 Å². The van der Waals surface area contributed by atoms with E-state index in [9.17, 15) is 0 Å². The number of hydrogen-bond donors (Lipinski definition) is 4. The first-order valence-electron chi connectivity index (χ1n) is 9.60. The summed E-state index contributed by atoms with van der Waals surface area (Å²) in [4.78, 5) is 16.5. The third-order valence-electron chi connectivity index (χ3n) is 5.11. The molecule has 0 amide bonds. The summed E-state index contributed by atoms with van der Waals surface area (Å²) in [7, 11) is 0. The molecule has 0 fully saturated rings. The van der Waals surface area contributed by atoms with Crippen LogP contribution in [0.3, 0.4) is 0 Å². The number of H-pyrrole nitrogens is 1. The topological polar surface area (TPSA) is 105 Å². The van der Waals surface area contributed by atoms with Gasteiger partial charge in [0, 0.05) is 47.3 Å². The highest BCUT2D eigenvalue weighted by Gasteiger charge is 2.12. The van der Waals surface area contributed by atoms with Crippen LogP contribution in [0.1, 0.15) is 12.0 Å². The maximum Gasteiger partial charge on any atom is 0.229 e. The number of nitrogens with one attached hydrogen (secondary N) is 3. The van der Waals surface area contributed by atoms with Crippen molar-refractivity contribution in [3.63, 3.8) is 0 Å². The number of benzene rings is 1. The fraction of sp³-hybridized carbons (Fsp3) is 0.136. The van der Waals surface area contributed by atoms with Crippen LogP contribution in [0, 0.1) is 0 Å². The summed E-state index contributed by atoms with van der Waals surface area (Å²) in [5, 5.41) is 7.81. The molecule has 0 unspecified atom stereocenters. The molecule has 0 bridgehead atoms. The molecule has 1 aromatic carbocycles. The van der Waals surface area contributed by atoms with Crippen molar-refractivity contribution in [2.45, 2.75) is 6.42 Å². The first-order valence-corrected chi connectivity index (χ1v) is 9.60. The van der Waals surface area contributed by atoms with Gasteiger partial charge in [-0.3, -0.25) is 4.98 Å². The summed E-state index contributed by atoms with van der Waals surface area (Å²) in [5.74, 6) is 0.851. The van der Waals surface area contributed by atoms with Crippen molar-refractivity contribution >= 4 is 33.9 Å². The average molecular weight is 383 g/mol. The second kappa shape index (κ2) is 7.37. The van der Waals surface area contributed by atoms with Gasteiger partial charge in [-0.2, -0.15) is 4.98 Å². The highest BCUT2D eigenvalue weighted by atomic mass is 15.1. The van der Waals surface area contributed by atoms with Crippen LogP contribution in [0.2, 0.25) is 0 Å². The molecule has 4 heterocycles. The Morgan fingerprint density at radius 2 is 2.03 bits per heavy atom. The van der Waals surface area contributed by atoms with Gasteiger partial charge in [-0.25, -0.2) is 4.98 Å². The lowest BCUT2D eigenvalue weighted by Crippen LogP contribution is -2.19. The summed E-state index contributed by atoms with van der Waals surface area (Å²) >= 11 is 0. The molecule has 4 aromatic rings. The SMILES string of the molecule is Nc1nc(Nc2ccc3[nH]cc(C4=CCNCC4)c3c2)ncc1-c1ccccn1. The van der Waals surface area contributed by atoms with Gasteiger partial charge in [0.1, 0.15) is 5.82 Å². The zero-order valence-electron chi connectivity index (χ0n) is 15.8. The molecule has 7 nitrogen and oxygen atoms in total. The molecule has 5 N–H and O–H groups in total. The van der Waals surface area contributed by atoms with Crippen molar-refractivity contribution in [2.75, 3.05) is 24.1 Å². The Morgan fingerprint density at radius 1 is 1.07 bits per heavy atom. The lowest BCUT2D eigenvalue weighted by molar-refractivity contribution is 0.739. The van der Waals surface area contributed by atoms with Crippen molar-refractivity contribution in [3.05, 3.63) is 66.6 Å². The number of pyridine rings is 1. The van der Waals surface area contributed by atoms with Crippen LogP contribution in [-0.4, -0.2) is 33.0 Å². The number of anilines is 3. The van der Waals surface area contributed by atoms with E-state index in [2.05, 4.69) is 55.0 Å². The Labute approximate surface area is 168 Å². The van der Waals surface area contributed by atoms with Gasteiger partial charge in [0.15, 0.2) is 0 Å². The van der Waals surface area contributed by atoms with Crippen LogP contribution in [0.5, 0.6) is 0 Å². The van der Waals surface area contributed by atoms with Gasteiger partial charge in [0.2, 0.25) is 5.95 Å². The van der Waals surface area contributed by atoms with Crippen LogP contribution in [0.15, 0.2) is 61.1 Å². The zero-order valence-corrected chi connectivity index (χ0v) is 15.8. The third-order valence-corrected chi connectivity index (χ3v) is 5.11. The monoisotopic (exact) mass is 383 g/mol. The van der Waals surface area contributed by atoms with E-state index in [4.69, 9.17) is 5.73 Å². The van der Waals surface area contributed by atoms with E-state index in [1.165, 1.54) is 16.5 Å². The highest BCUT2D eigenvalue weighted by Crippen LogP contribution is 2.31. The summed E-state index contributed by atoms with van der Waals surface area (Å²) < 4.78 is 0. The minimum Gasteiger partial charge on any atom is -0.383 e. The van der Waals surface area contributed by atoms with Crippen LogP contribution in [-0.2, 0) is 0 Å². The summed E-state index contributed by atoms with van der Waals surface area (Å²) in [6.07, 6.45) is 8.79. The third kappa shape index (κ3) is 3.43. The van der Waals surface area contributed by atoms with Crippen LogP contribution >= 0.6 is 0 Å². The zero-order chi connectivity index (χ0) is 19.6. The lowest BCUT2D eigenvalue weighted by Gasteiger charge is -2.13. The fourth-order valence-electron chi connectivity index (χ4n) is 3.64. The molecule has 1 aliphatic heterocycles. The molecule has 0 radical (unpaired) electrons. The van der Waals surface area contributed by atoms with E-state index < -0.39 is 0 Å². The van der Waals surface area contributed by atoms with Crippen LogP contribution in [0.4, 0.5) is 17.5 Å². The molecule has 7 heteroatoms. The van der Waals surface area contributed by atoms with Crippen molar-refractivity contribution in [1.82, 2.24) is 25.3 Å². The second-order valence-corrected chi connectivity index (χ2v) is 6.98. The number of aromatic nitrogens is 4. The number of nitrogens with two attached hydrogens (primary N) is 1. The minimum atomic E-state index is 0.393. The second-order valence-electron chi connectivity index (χ2n) is 6.98. The molecular formula is C22H21N7. The van der Waals surface area contributed by atoms with Gasteiger partial charge in [-0.15, -0.1) is 0 Å². The maximum atomic E-state index is 6.15. The predicted octanol–water partition coefficient (Wildman–Crippen LogP) is 3.72. The first-order chi connectivity index (χ1) is 14.3. The molecule has 0 atom stereocenters. The van der Waals surface area contributed by atoms with Gasteiger partial charge in [0.25, 0.3) is 0 Å². The predicted molar refractivity (Wildman–Crippen MR) is 117 cm³/mol. The van der Waals surface area contributed by atoms with E-state index >= 15 is 0 Å². The van der Waals surface area contributed by atoms with E-state index in [0.717, 1.165) is 42.0 Å². The molecule has 29 heavy (non-hydrogen) atoms. The molecule has 0 spiro atoms. The van der Waals surface area contributed by atoms with Crippen molar-refractivity contribution in [3.8, 4) is 11.3 Å². The Bertz CT molecular complexity index is 1190. The van der Waals surface area contributed by atoms with E-state index in [1.807, 2.05) is 24.3 Å². The minimum absolute atomic E-state index is 0.393. The normalized spacial score (nSPS) is 14.0. The summed E-state index contributed by atoms with van der Waals surface area (Å²) in [6.45, 7) is 1.92. The van der Waals surface area contributed by atoms with E-state index in [1.54, 1.807) is 12.4 Å². The molecule has 144 valence electrons. The number of nitrogen functional groups attached to an aromatic ring is 1. The van der Waals surface area contributed by atoms with Crippen molar-refractivity contribution in [2.24, 2.45) is 0 Å². The number of nitrogens with zero attached hydrogens (tertiary/aromatic N) is 3. The quantitative estimate of drug-likeness (QED) is 0.428. The number of fused-ring (bicyclic) bond motifs is 1. The molecule has 0 aliphatic carbocycles. The van der Waals surface area contributed by atoms with Crippen molar-refractivity contribution < 1.29 is 0 Å². The highest BCUT2D eigenvalue weighted by molar-refractivity contribution is 5.95. The Balaban J connectivity index is 1.44. The molecule has 0 saturated heterocycles. The molecule has 1 aliphatic rings. The summed E-state index contributed by atoms with van der Waals surface area (Å²) in [5.41, 5.74) is 12.3. The lowest BCUT2D eigenvalue weighted by atomic mass is 9.99. The summed E-state index contributed by atoms with van der Waals surface area (Å²) in [6, 6.07) is 11.9. The number of aromatic amines is 1. The van der Waals surface area contributed by atoms with E-state index in [-0.39, 0.29) is 0 Å². The van der Waals surface area contributed by atoms with Gasteiger partial charge >= 0.3 is 0 Å². The molecule has 5 rings (SSSR count). The average Bonchev–Trinajstić information content (AvgIpc) is 3.18. The van der Waals surface area contributed by atoms with Gasteiger partial charge in [-0.1, -0.05) is 12.1 Å². The van der Waals surface area contributed by atoms with Gasteiger partial charge in [0.05, 0.1) is 11.3 Å². The molecular weight excluding hydrogens is 362 g/mol. The molecule has 0 saturated carbocycles. The number of rotatable bonds is 4. The Kier molecular flexibility index (Phi) is 4.42. The maximum absolute atomic E-state index is 6.15. The smallest absolute Gasteiger partial charge is 0.229 e. The molecule has 3 aromatic heterocycles. The first kappa shape index (κ1) is 17.4. The van der Waals surface area contributed by atoms with Gasteiger partial charge < -0.3 is 21.4 Å². The van der Waals surface area contributed by atoms with Gasteiger partial charge in [-0.05, 0) is 48.9 Å². The Morgan fingerprint density at radius 3 is 2.83 bits per heavy atom. The van der Waals surface area contributed by atoms with Crippen LogP contribution in [0.25, 0.3) is 27.7 Å². The standard InChI is InChI=1S/C22H21N7/c23-21-18(19-3-1-2-8-25-19)13-27-22(29-21)28-15-4-5-20-16(11-15)17(12-26-20)14-6-9-24-10-7-14/h1-6,8,11-13,24,26H,7,9-10H2,(H3,23,27,28,29).